The number of para-hydroxylation sites is 1. The minimum atomic E-state index is 0.0392. The molecule has 1 aliphatic carbocycles. The first kappa shape index (κ1) is 21.6. The number of benzene rings is 2. The van der Waals surface area contributed by atoms with Crippen molar-refractivity contribution in [2.45, 2.75) is 37.8 Å². The SMILES string of the molecule is Cc1cc(OCCSc2nc3sc4c(c3c(=O)n2-c2ccccc2)CCCC4)ccc1Cl. The van der Waals surface area contributed by atoms with Gasteiger partial charge in [-0.3, -0.25) is 9.36 Å². The third kappa shape index (κ3) is 4.19. The molecule has 2 aromatic carbocycles. The van der Waals surface area contributed by atoms with Crippen LogP contribution in [0.3, 0.4) is 0 Å². The Hall–Kier alpha value is -2.28. The monoisotopic (exact) mass is 482 g/mol. The van der Waals surface area contributed by atoms with Crippen LogP contribution in [0.5, 0.6) is 5.75 Å². The fraction of sp³-hybridized carbons (Fsp3) is 0.280. The van der Waals surface area contributed by atoms with Crippen LogP contribution in [-0.2, 0) is 12.8 Å². The molecule has 0 radical (unpaired) electrons. The molecular formula is C25H23ClN2O2S2. The van der Waals surface area contributed by atoms with E-state index < -0.39 is 0 Å². The van der Waals surface area contributed by atoms with Crippen molar-refractivity contribution in [1.82, 2.24) is 9.55 Å². The van der Waals surface area contributed by atoms with Crippen molar-refractivity contribution in [3.8, 4) is 11.4 Å². The number of ether oxygens (including phenoxy) is 1. The second-order valence-electron chi connectivity index (χ2n) is 7.87. The lowest BCUT2D eigenvalue weighted by molar-refractivity contribution is 0.343. The molecule has 0 spiro atoms. The van der Waals surface area contributed by atoms with Crippen molar-refractivity contribution in [1.29, 1.82) is 0 Å². The Kier molecular flexibility index (Phi) is 6.26. The fourth-order valence-corrected chi connectivity index (χ4v) is 6.34. The van der Waals surface area contributed by atoms with Gasteiger partial charge in [0.25, 0.3) is 5.56 Å². The minimum Gasteiger partial charge on any atom is -0.493 e. The number of halogens is 1. The van der Waals surface area contributed by atoms with Gasteiger partial charge in [0.15, 0.2) is 5.16 Å². The van der Waals surface area contributed by atoms with Crippen molar-refractivity contribution in [3.63, 3.8) is 0 Å². The number of nitrogens with zero attached hydrogens (tertiary/aromatic N) is 2. The number of thiophene rings is 1. The van der Waals surface area contributed by atoms with Crippen molar-refractivity contribution < 1.29 is 4.74 Å². The maximum atomic E-state index is 13.7. The highest BCUT2D eigenvalue weighted by molar-refractivity contribution is 7.99. The van der Waals surface area contributed by atoms with E-state index in [0.29, 0.717) is 17.5 Å². The third-order valence-electron chi connectivity index (χ3n) is 5.69. The van der Waals surface area contributed by atoms with Gasteiger partial charge in [0.2, 0.25) is 0 Å². The largest absolute Gasteiger partial charge is 0.493 e. The molecule has 1 aliphatic rings. The summed E-state index contributed by atoms with van der Waals surface area (Å²) in [7, 11) is 0. The lowest BCUT2D eigenvalue weighted by Crippen LogP contribution is -2.22. The van der Waals surface area contributed by atoms with Crippen LogP contribution in [-0.4, -0.2) is 21.9 Å². The molecule has 4 nitrogen and oxygen atoms in total. The first-order valence-electron chi connectivity index (χ1n) is 10.8. The standard InChI is InChI=1S/C25H23ClN2O2S2/c1-16-15-18(11-12-20(16)26)30-13-14-31-25-27-23-22(19-9-5-6-10-21(19)32-23)24(29)28(25)17-7-3-2-4-8-17/h2-4,7-8,11-12,15H,5-6,9-10,13-14H2,1H3. The Labute approximate surface area is 200 Å². The topological polar surface area (TPSA) is 44.1 Å². The predicted octanol–water partition coefficient (Wildman–Crippen LogP) is 6.46. The van der Waals surface area contributed by atoms with Gasteiger partial charge in [0.1, 0.15) is 10.6 Å². The number of thioether (sulfide) groups is 1. The summed E-state index contributed by atoms with van der Waals surface area (Å²) in [5.41, 5.74) is 3.09. The summed E-state index contributed by atoms with van der Waals surface area (Å²) in [6.07, 6.45) is 4.36. The van der Waals surface area contributed by atoms with E-state index in [9.17, 15) is 4.79 Å². The lowest BCUT2D eigenvalue weighted by atomic mass is 9.97. The molecule has 0 saturated carbocycles. The van der Waals surface area contributed by atoms with Crippen LogP contribution in [0.25, 0.3) is 15.9 Å². The van der Waals surface area contributed by atoms with Crippen LogP contribution >= 0.6 is 34.7 Å². The number of hydrogen-bond donors (Lipinski definition) is 0. The minimum absolute atomic E-state index is 0.0392. The molecule has 7 heteroatoms. The van der Waals surface area contributed by atoms with Crippen molar-refractivity contribution >= 4 is 44.9 Å². The fourth-order valence-electron chi connectivity index (χ4n) is 4.09. The van der Waals surface area contributed by atoms with E-state index >= 15 is 0 Å². The first-order valence-corrected chi connectivity index (χ1v) is 12.9. The zero-order chi connectivity index (χ0) is 22.1. The van der Waals surface area contributed by atoms with Gasteiger partial charge in [0.05, 0.1) is 17.7 Å². The van der Waals surface area contributed by atoms with Gasteiger partial charge in [-0.1, -0.05) is 41.6 Å². The van der Waals surface area contributed by atoms with Crippen LogP contribution in [0.2, 0.25) is 5.02 Å². The van der Waals surface area contributed by atoms with Crippen LogP contribution < -0.4 is 10.3 Å². The molecule has 164 valence electrons. The van der Waals surface area contributed by atoms with E-state index in [-0.39, 0.29) is 5.56 Å². The van der Waals surface area contributed by atoms with Gasteiger partial charge in [-0.15, -0.1) is 11.3 Å². The average molecular weight is 483 g/mol. The Morgan fingerprint density at radius 1 is 1.16 bits per heavy atom. The highest BCUT2D eigenvalue weighted by atomic mass is 35.5. The highest BCUT2D eigenvalue weighted by Gasteiger charge is 2.22. The molecule has 0 aliphatic heterocycles. The number of hydrogen-bond acceptors (Lipinski definition) is 5. The summed E-state index contributed by atoms with van der Waals surface area (Å²) in [4.78, 5) is 20.8. The molecule has 0 atom stereocenters. The number of aromatic nitrogens is 2. The summed E-state index contributed by atoms with van der Waals surface area (Å²) < 4.78 is 7.67. The van der Waals surface area contributed by atoms with E-state index in [1.54, 1.807) is 27.7 Å². The van der Waals surface area contributed by atoms with Crippen LogP contribution in [0, 0.1) is 6.92 Å². The molecule has 0 amide bonds. The smallest absolute Gasteiger partial charge is 0.267 e. The van der Waals surface area contributed by atoms with Gasteiger partial charge in [-0.2, -0.15) is 0 Å². The van der Waals surface area contributed by atoms with Gasteiger partial charge in [0, 0.05) is 15.7 Å². The maximum absolute atomic E-state index is 13.7. The number of aryl methyl sites for hydroxylation is 3. The van der Waals surface area contributed by atoms with Crippen molar-refractivity contribution in [3.05, 3.63) is 79.9 Å². The summed E-state index contributed by atoms with van der Waals surface area (Å²) in [6, 6.07) is 15.5. The molecule has 0 saturated heterocycles. The van der Waals surface area contributed by atoms with Crippen LogP contribution in [0.1, 0.15) is 28.8 Å². The first-order chi connectivity index (χ1) is 15.6. The number of rotatable bonds is 6. The average Bonchev–Trinajstić information content (AvgIpc) is 3.18. The summed E-state index contributed by atoms with van der Waals surface area (Å²) in [6.45, 7) is 2.47. The van der Waals surface area contributed by atoms with E-state index in [0.717, 1.165) is 51.5 Å². The molecule has 2 heterocycles. The summed E-state index contributed by atoms with van der Waals surface area (Å²) in [5, 5.41) is 2.25. The molecule has 0 unspecified atom stereocenters. The summed E-state index contributed by atoms with van der Waals surface area (Å²) in [5.74, 6) is 1.47. The summed E-state index contributed by atoms with van der Waals surface area (Å²) >= 11 is 9.34. The Morgan fingerprint density at radius 3 is 2.78 bits per heavy atom. The van der Waals surface area contributed by atoms with Gasteiger partial charge < -0.3 is 4.74 Å². The second-order valence-corrected chi connectivity index (χ2v) is 10.4. The van der Waals surface area contributed by atoms with Gasteiger partial charge in [-0.05, 0) is 74.1 Å². The quantitative estimate of drug-likeness (QED) is 0.180. The molecule has 4 aromatic rings. The Bertz CT molecular complexity index is 1330. The molecule has 0 N–H and O–H groups in total. The molecule has 0 fully saturated rings. The van der Waals surface area contributed by atoms with Gasteiger partial charge in [-0.25, -0.2) is 4.98 Å². The maximum Gasteiger partial charge on any atom is 0.267 e. The Morgan fingerprint density at radius 2 is 1.97 bits per heavy atom. The molecule has 0 bridgehead atoms. The highest BCUT2D eigenvalue weighted by Crippen LogP contribution is 2.35. The zero-order valence-electron chi connectivity index (χ0n) is 17.8. The van der Waals surface area contributed by atoms with Crippen molar-refractivity contribution in [2.75, 3.05) is 12.4 Å². The molecule has 5 rings (SSSR count). The van der Waals surface area contributed by atoms with E-state index in [4.69, 9.17) is 21.3 Å². The van der Waals surface area contributed by atoms with E-state index in [1.807, 2.05) is 55.5 Å². The normalized spacial score (nSPS) is 13.3. The predicted molar refractivity (Wildman–Crippen MR) is 134 cm³/mol. The van der Waals surface area contributed by atoms with Crippen LogP contribution in [0.15, 0.2) is 58.5 Å². The van der Waals surface area contributed by atoms with Gasteiger partial charge >= 0.3 is 0 Å². The van der Waals surface area contributed by atoms with Crippen LogP contribution in [0.4, 0.5) is 0 Å². The van der Waals surface area contributed by atoms with E-state index in [2.05, 4.69) is 0 Å². The molecule has 32 heavy (non-hydrogen) atoms. The zero-order valence-corrected chi connectivity index (χ0v) is 20.2. The molecular weight excluding hydrogens is 460 g/mol. The molecule has 2 aromatic heterocycles. The Balaban J connectivity index is 1.46. The third-order valence-corrected chi connectivity index (χ3v) is 8.20. The lowest BCUT2D eigenvalue weighted by Gasteiger charge is -2.14. The number of fused-ring (bicyclic) bond motifs is 3. The second kappa shape index (κ2) is 9.30. The van der Waals surface area contributed by atoms with E-state index in [1.165, 1.54) is 16.9 Å². The van der Waals surface area contributed by atoms with Crippen molar-refractivity contribution in [2.24, 2.45) is 0 Å².